The first-order valence-corrected chi connectivity index (χ1v) is 12.4. The number of nitrogens with zero attached hydrogens (tertiary/aromatic N) is 3. The van der Waals surface area contributed by atoms with Crippen molar-refractivity contribution in [3.05, 3.63) is 44.7 Å². The Hall–Kier alpha value is -2.23. The number of anilines is 1. The highest BCUT2D eigenvalue weighted by Crippen LogP contribution is 2.38. The summed E-state index contributed by atoms with van der Waals surface area (Å²) >= 11 is 6.80. The molecule has 1 saturated carbocycles. The lowest BCUT2D eigenvalue weighted by atomic mass is 10.2. The lowest BCUT2D eigenvalue weighted by molar-refractivity contribution is -0.123. The summed E-state index contributed by atoms with van der Waals surface area (Å²) in [6.07, 6.45) is 9.69. The second kappa shape index (κ2) is 8.96. The number of carbonyl (C=O) groups excluding carboxylic acids is 1. The van der Waals surface area contributed by atoms with Crippen molar-refractivity contribution in [1.29, 1.82) is 0 Å². The zero-order chi connectivity index (χ0) is 22.2. The monoisotopic (exact) mass is 470 g/mol. The fourth-order valence-electron chi connectivity index (χ4n) is 4.68. The van der Waals surface area contributed by atoms with Gasteiger partial charge in [0, 0.05) is 25.4 Å². The third kappa shape index (κ3) is 3.97. The molecular formula is C23H26N4O3S2. The number of hydrogen-bond donors (Lipinski definition) is 1. The topological polar surface area (TPSA) is 75.9 Å². The molecule has 32 heavy (non-hydrogen) atoms. The van der Waals surface area contributed by atoms with Crippen molar-refractivity contribution < 1.29 is 9.53 Å². The summed E-state index contributed by atoms with van der Waals surface area (Å²) in [6, 6.07) is 3.93. The number of pyridine rings is 1. The number of thioether (sulfide) groups is 1. The van der Waals surface area contributed by atoms with E-state index in [0.717, 1.165) is 50.7 Å². The Morgan fingerprint density at radius 3 is 2.84 bits per heavy atom. The molecule has 3 fully saturated rings. The van der Waals surface area contributed by atoms with Gasteiger partial charge in [0.2, 0.25) is 0 Å². The molecule has 1 aliphatic carbocycles. The van der Waals surface area contributed by atoms with Crippen LogP contribution < -0.4 is 10.9 Å². The SMILES string of the molecule is Cc1cccn2c(=O)c(/C=C3\SC(=S)N(C4CCCC4)C3=O)c(NC[C@H]3CCCO3)nc12. The van der Waals surface area contributed by atoms with Gasteiger partial charge < -0.3 is 10.1 Å². The van der Waals surface area contributed by atoms with Gasteiger partial charge in [-0.2, -0.15) is 0 Å². The van der Waals surface area contributed by atoms with Gasteiger partial charge in [0.05, 0.1) is 16.6 Å². The van der Waals surface area contributed by atoms with E-state index < -0.39 is 0 Å². The van der Waals surface area contributed by atoms with E-state index in [2.05, 4.69) is 5.32 Å². The van der Waals surface area contributed by atoms with Crippen molar-refractivity contribution in [1.82, 2.24) is 14.3 Å². The van der Waals surface area contributed by atoms with Crippen molar-refractivity contribution in [3.8, 4) is 0 Å². The second-order valence-electron chi connectivity index (χ2n) is 8.57. The zero-order valence-electron chi connectivity index (χ0n) is 18.0. The molecule has 0 spiro atoms. The average molecular weight is 471 g/mol. The molecule has 4 heterocycles. The van der Waals surface area contributed by atoms with Gasteiger partial charge in [0.1, 0.15) is 15.8 Å². The van der Waals surface area contributed by atoms with Crippen LogP contribution in [0.15, 0.2) is 28.0 Å². The average Bonchev–Trinajstić information content (AvgIpc) is 3.52. The van der Waals surface area contributed by atoms with Crippen LogP contribution in [0.25, 0.3) is 11.7 Å². The maximum Gasteiger partial charge on any atom is 0.267 e. The Morgan fingerprint density at radius 2 is 2.09 bits per heavy atom. The molecule has 2 saturated heterocycles. The molecular weight excluding hydrogens is 444 g/mol. The van der Waals surface area contributed by atoms with Crippen LogP contribution in [0.1, 0.15) is 49.7 Å². The Labute approximate surface area is 196 Å². The van der Waals surface area contributed by atoms with Gasteiger partial charge in [-0.3, -0.25) is 18.9 Å². The summed E-state index contributed by atoms with van der Waals surface area (Å²) in [7, 11) is 0. The molecule has 7 nitrogen and oxygen atoms in total. The highest BCUT2D eigenvalue weighted by Gasteiger charge is 2.38. The summed E-state index contributed by atoms with van der Waals surface area (Å²) in [5.74, 6) is 0.372. The van der Waals surface area contributed by atoms with Crippen molar-refractivity contribution in [2.75, 3.05) is 18.5 Å². The summed E-state index contributed by atoms with van der Waals surface area (Å²) in [4.78, 5) is 33.6. The smallest absolute Gasteiger partial charge is 0.267 e. The van der Waals surface area contributed by atoms with Gasteiger partial charge >= 0.3 is 0 Å². The number of rotatable bonds is 5. The minimum atomic E-state index is -0.209. The van der Waals surface area contributed by atoms with Crippen LogP contribution in [0.2, 0.25) is 0 Å². The molecule has 1 N–H and O–H groups in total. The van der Waals surface area contributed by atoms with Gasteiger partial charge in [0.25, 0.3) is 11.5 Å². The van der Waals surface area contributed by atoms with Crippen molar-refractivity contribution in [2.24, 2.45) is 0 Å². The predicted molar refractivity (Wildman–Crippen MR) is 131 cm³/mol. The summed E-state index contributed by atoms with van der Waals surface area (Å²) in [6.45, 7) is 3.26. The largest absolute Gasteiger partial charge is 0.376 e. The van der Waals surface area contributed by atoms with Crippen molar-refractivity contribution in [3.63, 3.8) is 0 Å². The molecule has 2 aromatic heterocycles. The zero-order valence-corrected chi connectivity index (χ0v) is 19.6. The second-order valence-corrected chi connectivity index (χ2v) is 10.2. The van der Waals surface area contributed by atoms with E-state index in [9.17, 15) is 9.59 Å². The quantitative estimate of drug-likeness (QED) is 0.527. The molecule has 1 amide bonds. The van der Waals surface area contributed by atoms with Crippen LogP contribution in [0.3, 0.4) is 0 Å². The highest BCUT2D eigenvalue weighted by molar-refractivity contribution is 8.26. The first-order valence-electron chi connectivity index (χ1n) is 11.2. The van der Waals surface area contributed by atoms with Crippen LogP contribution in [0.4, 0.5) is 5.82 Å². The predicted octanol–water partition coefficient (Wildman–Crippen LogP) is 3.74. The summed E-state index contributed by atoms with van der Waals surface area (Å²) < 4.78 is 7.83. The molecule has 168 valence electrons. The first kappa shape index (κ1) is 21.6. The van der Waals surface area contributed by atoms with Gasteiger partial charge in [-0.05, 0) is 50.3 Å². The Morgan fingerprint density at radius 1 is 1.28 bits per heavy atom. The molecule has 2 aromatic rings. The van der Waals surface area contributed by atoms with Crippen LogP contribution in [-0.2, 0) is 9.53 Å². The number of carbonyl (C=O) groups is 1. The van der Waals surface area contributed by atoms with Crippen LogP contribution in [0.5, 0.6) is 0 Å². The van der Waals surface area contributed by atoms with Crippen molar-refractivity contribution in [2.45, 2.75) is 57.6 Å². The molecule has 0 aromatic carbocycles. The number of aromatic nitrogens is 2. The van der Waals surface area contributed by atoms with Crippen LogP contribution in [-0.4, -0.2) is 49.8 Å². The standard InChI is InChI=1S/C23H26N4O3S2/c1-14-6-4-10-26-20(14)25-19(24-13-16-9-5-11-30-16)17(21(26)28)12-18-22(29)27(23(31)32-18)15-7-2-3-8-15/h4,6,10,12,15-16,24H,2-3,5,7-9,11,13H2,1H3/b18-12-/t16-/m1/s1. The fraction of sp³-hybridized carbons (Fsp3) is 0.478. The molecule has 9 heteroatoms. The number of amides is 1. The molecule has 0 bridgehead atoms. The maximum absolute atomic E-state index is 13.5. The molecule has 2 aliphatic heterocycles. The number of nitrogens with one attached hydrogen (secondary N) is 1. The van der Waals surface area contributed by atoms with Crippen LogP contribution >= 0.6 is 24.0 Å². The number of hydrogen-bond acceptors (Lipinski definition) is 7. The summed E-state index contributed by atoms with van der Waals surface area (Å²) in [5, 5.41) is 3.32. The van der Waals surface area contributed by atoms with Gasteiger partial charge in [-0.25, -0.2) is 4.98 Å². The van der Waals surface area contributed by atoms with Gasteiger partial charge in [0.15, 0.2) is 0 Å². The minimum absolute atomic E-state index is 0.0977. The third-order valence-corrected chi connectivity index (χ3v) is 7.72. The fourth-order valence-corrected chi connectivity index (χ4v) is 6.06. The third-order valence-electron chi connectivity index (χ3n) is 6.39. The van der Waals surface area contributed by atoms with E-state index in [4.69, 9.17) is 21.9 Å². The van der Waals surface area contributed by atoms with E-state index in [1.54, 1.807) is 17.2 Å². The van der Waals surface area contributed by atoms with Crippen molar-refractivity contribution >= 4 is 51.7 Å². The molecule has 0 unspecified atom stereocenters. The van der Waals surface area contributed by atoms with Crippen LogP contribution in [0, 0.1) is 6.92 Å². The molecule has 0 radical (unpaired) electrons. The Bertz CT molecular complexity index is 1160. The number of ether oxygens (including phenoxy) is 1. The van der Waals surface area contributed by atoms with E-state index in [-0.39, 0.29) is 23.6 Å². The summed E-state index contributed by atoms with van der Waals surface area (Å²) in [5.41, 5.74) is 1.67. The lowest BCUT2D eigenvalue weighted by Gasteiger charge is -2.21. The minimum Gasteiger partial charge on any atom is -0.376 e. The number of aryl methyl sites for hydroxylation is 1. The number of fused-ring (bicyclic) bond motifs is 1. The lowest BCUT2D eigenvalue weighted by Crippen LogP contribution is -2.36. The maximum atomic E-state index is 13.5. The van der Waals surface area contributed by atoms with Gasteiger partial charge in [-0.15, -0.1) is 0 Å². The first-order chi connectivity index (χ1) is 15.5. The van der Waals surface area contributed by atoms with E-state index >= 15 is 0 Å². The highest BCUT2D eigenvalue weighted by atomic mass is 32.2. The Balaban J connectivity index is 1.55. The van der Waals surface area contributed by atoms with E-state index in [1.807, 2.05) is 19.1 Å². The molecule has 5 rings (SSSR count). The normalized spacial score (nSPS) is 23.2. The molecule has 1 atom stereocenters. The van der Waals surface area contributed by atoms with E-state index in [1.165, 1.54) is 16.2 Å². The van der Waals surface area contributed by atoms with E-state index in [0.29, 0.717) is 32.8 Å². The number of thiocarbonyl (C=S) groups is 1. The van der Waals surface area contributed by atoms with Gasteiger partial charge in [-0.1, -0.05) is 42.9 Å². The Kier molecular flexibility index (Phi) is 6.05. The molecule has 3 aliphatic rings.